The standard InChI is InChI=1S/C9H14N4O3/c1-6-11-12-8(16-6)13-4-2-3-7(5-13)10-9(14)15/h7,10H,2-5H2,1H3,(H,14,15). The molecule has 2 rings (SSSR count). The second kappa shape index (κ2) is 4.38. The number of hydrogen-bond donors (Lipinski definition) is 2. The van der Waals surface area contributed by atoms with Gasteiger partial charge in [-0.1, -0.05) is 5.10 Å². The number of rotatable bonds is 2. The molecular formula is C9H14N4O3. The summed E-state index contributed by atoms with van der Waals surface area (Å²) in [5.41, 5.74) is 0. The first-order valence-corrected chi connectivity index (χ1v) is 5.19. The number of hydrogen-bond acceptors (Lipinski definition) is 5. The molecule has 1 aliphatic rings. The summed E-state index contributed by atoms with van der Waals surface area (Å²) < 4.78 is 5.30. The molecule has 0 aliphatic carbocycles. The van der Waals surface area contributed by atoms with Crippen LogP contribution in [-0.2, 0) is 0 Å². The number of nitrogens with one attached hydrogen (secondary N) is 1. The lowest BCUT2D eigenvalue weighted by molar-refractivity contribution is 0.188. The maximum Gasteiger partial charge on any atom is 0.404 e. The van der Waals surface area contributed by atoms with E-state index in [1.54, 1.807) is 6.92 Å². The van der Waals surface area contributed by atoms with E-state index in [2.05, 4.69) is 15.5 Å². The zero-order valence-electron chi connectivity index (χ0n) is 9.01. The Morgan fingerprint density at radius 2 is 2.44 bits per heavy atom. The highest BCUT2D eigenvalue weighted by Crippen LogP contribution is 2.18. The van der Waals surface area contributed by atoms with Gasteiger partial charge in [0.2, 0.25) is 5.89 Å². The van der Waals surface area contributed by atoms with Gasteiger partial charge in [0.25, 0.3) is 0 Å². The van der Waals surface area contributed by atoms with E-state index < -0.39 is 6.09 Å². The molecular weight excluding hydrogens is 212 g/mol. The van der Waals surface area contributed by atoms with Crippen molar-refractivity contribution in [3.63, 3.8) is 0 Å². The highest BCUT2D eigenvalue weighted by molar-refractivity contribution is 5.65. The Balaban J connectivity index is 1.99. The Bertz CT molecular complexity index is 379. The van der Waals surface area contributed by atoms with Crippen molar-refractivity contribution < 1.29 is 14.3 Å². The average Bonchev–Trinajstić information content (AvgIpc) is 2.64. The normalized spacial score (nSPS) is 20.8. The SMILES string of the molecule is Cc1nnc(N2CCCC(NC(=O)O)C2)o1. The van der Waals surface area contributed by atoms with Gasteiger partial charge in [-0.05, 0) is 12.8 Å². The molecule has 1 saturated heterocycles. The smallest absolute Gasteiger partial charge is 0.404 e. The van der Waals surface area contributed by atoms with E-state index in [1.165, 1.54) is 0 Å². The third-order valence-electron chi connectivity index (χ3n) is 2.53. The lowest BCUT2D eigenvalue weighted by Crippen LogP contribution is -2.47. The van der Waals surface area contributed by atoms with E-state index >= 15 is 0 Å². The molecule has 1 fully saturated rings. The van der Waals surface area contributed by atoms with Crippen molar-refractivity contribution in [3.05, 3.63) is 5.89 Å². The predicted molar refractivity (Wildman–Crippen MR) is 55.4 cm³/mol. The molecule has 7 nitrogen and oxygen atoms in total. The molecule has 1 aliphatic heterocycles. The van der Waals surface area contributed by atoms with E-state index in [1.807, 2.05) is 4.90 Å². The van der Waals surface area contributed by atoms with Crippen molar-refractivity contribution >= 4 is 12.1 Å². The van der Waals surface area contributed by atoms with Crippen LogP contribution < -0.4 is 10.2 Å². The van der Waals surface area contributed by atoms with E-state index in [0.29, 0.717) is 18.5 Å². The lowest BCUT2D eigenvalue weighted by Gasteiger charge is -2.30. The quantitative estimate of drug-likeness (QED) is 0.767. The summed E-state index contributed by atoms with van der Waals surface area (Å²) in [6.45, 7) is 3.13. The number of amides is 1. The van der Waals surface area contributed by atoms with Crippen LogP contribution in [0.2, 0.25) is 0 Å². The summed E-state index contributed by atoms with van der Waals surface area (Å²) in [7, 11) is 0. The molecule has 1 atom stereocenters. The first kappa shape index (κ1) is 10.7. The lowest BCUT2D eigenvalue weighted by atomic mass is 10.1. The topological polar surface area (TPSA) is 91.5 Å². The first-order valence-electron chi connectivity index (χ1n) is 5.19. The fourth-order valence-electron chi connectivity index (χ4n) is 1.86. The zero-order valence-corrected chi connectivity index (χ0v) is 9.01. The van der Waals surface area contributed by atoms with Crippen LogP contribution in [0.1, 0.15) is 18.7 Å². The van der Waals surface area contributed by atoms with Crippen LogP contribution in [0.3, 0.4) is 0 Å². The second-order valence-electron chi connectivity index (χ2n) is 3.84. The van der Waals surface area contributed by atoms with E-state index in [-0.39, 0.29) is 6.04 Å². The van der Waals surface area contributed by atoms with Crippen molar-refractivity contribution in [2.45, 2.75) is 25.8 Å². The maximum atomic E-state index is 10.5. The van der Waals surface area contributed by atoms with Crippen LogP contribution in [0.15, 0.2) is 4.42 Å². The molecule has 1 aromatic rings. The van der Waals surface area contributed by atoms with Gasteiger partial charge >= 0.3 is 12.1 Å². The first-order chi connectivity index (χ1) is 7.65. The van der Waals surface area contributed by atoms with Gasteiger partial charge in [0.05, 0.1) is 0 Å². The number of anilines is 1. The largest absolute Gasteiger partial charge is 0.465 e. The summed E-state index contributed by atoms with van der Waals surface area (Å²) in [5.74, 6) is 0.517. The monoisotopic (exact) mass is 226 g/mol. The minimum absolute atomic E-state index is 0.0709. The Hall–Kier alpha value is -1.79. The molecule has 0 radical (unpaired) electrons. The second-order valence-corrected chi connectivity index (χ2v) is 3.84. The Morgan fingerprint density at radius 3 is 3.06 bits per heavy atom. The molecule has 7 heteroatoms. The number of carbonyl (C=O) groups is 1. The van der Waals surface area contributed by atoms with Crippen LogP contribution in [0.25, 0.3) is 0 Å². The van der Waals surface area contributed by atoms with Crippen LogP contribution in [0.5, 0.6) is 0 Å². The molecule has 16 heavy (non-hydrogen) atoms. The van der Waals surface area contributed by atoms with Crippen molar-refractivity contribution in [2.24, 2.45) is 0 Å². The van der Waals surface area contributed by atoms with Gasteiger partial charge in [0.1, 0.15) is 0 Å². The van der Waals surface area contributed by atoms with Gasteiger partial charge in [-0.15, -0.1) is 5.10 Å². The minimum atomic E-state index is -0.992. The van der Waals surface area contributed by atoms with Crippen molar-refractivity contribution in [1.82, 2.24) is 15.5 Å². The molecule has 2 N–H and O–H groups in total. The number of aryl methyl sites for hydroxylation is 1. The van der Waals surface area contributed by atoms with Gasteiger partial charge in [-0.3, -0.25) is 0 Å². The van der Waals surface area contributed by atoms with Gasteiger partial charge in [-0.2, -0.15) is 0 Å². The molecule has 1 amide bonds. The van der Waals surface area contributed by atoms with Gasteiger partial charge in [0, 0.05) is 26.1 Å². The van der Waals surface area contributed by atoms with Gasteiger partial charge < -0.3 is 19.7 Å². The Morgan fingerprint density at radius 1 is 1.62 bits per heavy atom. The summed E-state index contributed by atoms with van der Waals surface area (Å²) in [6, 6.07) is 0.396. The molecule has 0 aromatic carbocycles. The molecule has 88 valence electrons. The Labute approximate surface area is 92.4 Å². The number of carboxylic acid groups (broad SMARTS) is 1. The molecule has 1 aromatic heterocycles. The molecule has 2 heterocycles. The van der Waals surface area contributed by atoms with Crippen molar-refractivity contribution in [3.8, 4) is 0 Å². The Kier molecular flexibility index (Phi) is 2.93. The summed E-state index contributed by atoms with van der Waals surface area (Å²) in [5, 5.41) is 18.8. The van der Waals surface area contributed by atoms with Crippen molar-refractivity contribution in [2.75, 3.05) is 18.0 Å². The van der Waals surface area contributed by atoms with Crippen LogP contribution in [0.4, 0.5) is 10.8 Å². The predicted octanol–water partition coefficient (Wildman–Crippen LogP) is 0.614. The van der Waals surface area contributed by atoms with Crippen LogP contribution >= 0.6 is 0 Å². The third kappa shape index (κ3) is 2.41. The zero-order chi connectivity index (χ0) is 11.5. The van der Waals surface area contributed by atoms with Crippen LogP contribution in [0, 0.1) is 6.92 Å². The summed E-state index contributed by atoms with van der Waals surface area (Å²) in [4.78, 5) is 12.4. The summed E-state index contributed by atoms with van der Waals surface area (Å²) >= 11 is 0. The van der Waals surface area contributed by atoms with Gasteiger partial charge in [0.15, 0.2) is 0 Å². The summed E-state index contributed by atoms with van der Waals surface area (Å²) in [6.07, 6.45) is 0.760. The van der Waals surface area contributed by atoms with Crippen LogP contribution in [-0.4, -0.2) is 40.5 Å². The van der Waals surface area contributed by atoms with Crippen molar-refractivity contribution in [1.29, 1.82) is 0 Å². The fraction of sp³-hybridized carbons (Fsp3) is 0.667. The third-order valence-corrected chi connectivity index (χ3v) is 2.53. The number of piperidine rings is 1. The van der Waals surface area contributed by atoms with E-state index in [4.69, 9.17) is 9.52 Å². The van der Waals surface area contributed by atoms with E-state index in [9.17, 15) is 4.79 Å². The maximum absolute atomic E-state index is 10.5. The highest BCUT2D eigenvalue weighted by atomic mass is 16.4. The number of nitrogens with zero attached hydrogens (tertiary/aromatic N) is 3. The van der Waals surface area contributed by atoms with Gasteiger partial charge in [-0.25, -0.2) is 4.79 Å². The molecule has 1 unspecified atom stereocenters. The molecule has 0 saturated carbocycles. The molecule has 0 bridgehead atoms. The highest BCUT2D eigenvalue weighted by Gasteiger charge is 2.24. The van der Waals surface area contributed by atoms with E-state index in [0.717, 1.165) is 19.4 Å². The fourth-order valence-corrected chi connectivity index (χ4v) is 1.86. The molecule has 0 spiro atoms. The number of aromatic nitrogens is 2. The average molecular weight is 226 g/mol. The minimum Gasteiger partial charge on any atom is -0.465 e.